The molecule has 0 unspecified atom stereocenters. The second kappa shape index (κ2) is 4.24. The third-order valence-corrected chi connectivity index (χ3v) is 3.26. The minimum Gasteiger partial charge on any atom is -0.384 e. The molecule has 0 saturated carbocycles. The molecule has 1 aromatic heterocycles. The molecule has 2 aromatic rings. The zero-order valence-electron chi connectivity index (χ0n) is 10.1. The zero-order chi connectivity index (χ0) is 11.7. The normalized spacial score (nSPS) is 13.5. The van der Waals surface area contributed by atoms with Crippen molar-refractivity contribution in [3.63, 3.8) is 0 Å². The van der Waals surface area contributed by atoms with Gasteiger partial charge in [0.1, 0.15) is 0 Å². The average Bonchev–Trinajstić information content (AvgIpc) is 2.96. The van der Waals surface area contributed by atoms with E-state index in [0.717, 1.165) is 25.9 Å². The summed E-state index contributed by atoms with van der Waals surface area (Å²) in [6.45, 7) is 4.22. The van der Waals surface area contributed by atoms with Gasteiger partial charge in [-0.25, -0.2) is 0 Å². The fraction of sp³-hybridized carbons (Fsp3) is 0.357. The van der Waals surface area contributed by atoms with Crippen LogP contribution in [0, 0.1) is 0 Å². The van der Waals surface area contributed by atoms with Crippen LogP contribution in [0.25, 0.3) is 11.3 Å². The molecule has 1 aromatic carbocycles. The van der Waals surface area contributed by atoms with Crippen molar-refractivity contribution in [3.05, 3.63) is 36.0 Å². The summed E-state index contributed by atoms with van der Waals surface area (Å²) in [4.78, 5) is 0. The Bertz CT molecular complexity index is 528. The van der Waals surface area contributed by atoms with Crippen molar-refractivity contribution < 1.29 is 0 Å². The van der Waals surface area contributed by atoms with Crippen molar-refractivity contribution in [2.75, 3.05) is 11.9 Å². The Kier molecular flexibility index (Phi) is 2.59. The van der Waals surface area contributed by atoms with Crippen LogP contribution < -0.4 is 5.32 Å². The second-order valence-electron chi connectivity index (χ2n) is 4.49. The summed E-state index contributed by atoms with van der Waals surface area (Å²) < 4.78 is 2.09. The molecule has 0 fully saturated rings. The lowest BCUT2D eigenvalue weighted by molar-refractivity contribution is 0.609. The number of aromatic nitrogens is 2. The molecule has 0 saturated heterocycles. The van der Waals surface area contributed by atoms with Crippen molar-refractivity contribution in [2.45, 2.75) is 26.3 Å². The minimum atomic E-state index is 0.984. The van der Waals surface area contributed by atoms with Gasteiger partial charge in [0.2, 0.25) is 0 Å². The first kappa shape index (κ1) is 10.4. The molecule has 0 spiro atoms. The summed E-state index contributed by atoms with van der Waals surface area (Å²) >= 11 is 0. The molecule has 2 heterocycles. The predicted molar refractivity (Wildman–Crippen MR) is 70.1 cm³/mol. The van der Waals surface area contributed by atoms with E-state index in [1.165, 1.54) is 22.5 Å². The van der Waals surface area contributed by atoms with Gasteiger partial charge in [0, 0.05) is 30.5 Å². The molecule has 88 valence electrons. The van der Waals surface area contributed by atoms with Crippen LogP contribution in [0.5, 0.6) is 0 Å². The van der Waals surface area contributed by atoms with Gasteiger partial charge in [-0.1, -0.05) is 13.0 Å². The number of aryl methyl sites for hydroxylation is 1. The molecule has 0 bridgehead atoms. The zero-order valence-corrected chi connectivity index (χ0v) is 10.1. The monoisotopic (exact) mass is 227 g/mol. The molecule has 1 aliphatic heterocycles. The summed E-state index contributed by atoms with van der Waals surface area (Å²) in [7, 11) is 0. The van der Waals surface area contributed by atoms with E-state index in [1.807, 2.05) is 6.20 Å². The van der Waals surface area contributed by atoms with Crippen LogP contribution in [0.2, 0.25) is 0 Å². The van der Waals surface area contributed by atoms with E-state index in [4.69, 9.17) is 0 Å². The minimum absolute atomic E-state index is 0.984. The van der Waals surface area contributed by atoms with Crippen LogP contribution in [0.4, 0.5) is 5.69 Å². The van der Waals surface area contributed by atoms with Gasteiger partial charge in [0.25, 0.3) is 0 Å². The van der Waals surface area contributed by atoms with Crippen molar-refractivity contribution >= 4 is 5.69 Å². The average molecular weight is 227 g/mol. The van der Waals surface area contributed by atoms with Gasteiger partial charge in [-0.15, -0.1) is 0 Å². The van der Waals surface area contributed by atoms with Gasteiger partial charge in [0.05, 0.1) is 5.69 Å². The van der Waals surface area contributed by atoms with E-state index in [1.54, 1.807) is 0 Å². The van der Waals surface area contributed by atoms with Crippen molar-refractivity contribution in [1.29, 1.82) is 0 Å². The molecule has 1 N–H and O–H groups in total. The van der Waals surface area contributed by atoms with Crippen molar-refractivity contribution in [1.82, 2.24) is 9.78 Å². The topological polar surface area (TPSA) is 29.9 Å². The molecule has 17 heavy (non-hydrogen) atoms. The van der Waals surface area contributed by atoms with E-state index in [9.17, 15) is 0 Å². The summed E-state index contributed by atoms with van der Waals surface area (Å²) in [5.41, 5.74) is 5.21. The number of nitrogens with zero attached hydrogens (tertiary/aromatic N) is 2. The summed E-state index contributed by atoms with van der Waals surface area (Å²) in [5, 5.41) is 7.77. The molecule has 0 atom stereocenters. The molecule has 0 aliphatic carbocycles. The Morgan fingerprint density at radius 3 is 3.18 bits per heavy atom. The van der Waals surface area contributed by atoms with Crippen LogP contribution in [0.1, 0.15) is 18.9 Å². The molecule has 0 amide bonds. The lowest BCUT2D eigenvalue weighted by Crippen LogP contribution is -2.01. The first-order valence-electron chi connectivity index (χ1n) is 6.27. The van der Waals surface area contributed by atoms with E-state index in [2.05, 4.69) is 46.3 Å². The smallest absolute Gasteiger partial charge is 0.0682 e. The highest BCUT2D eigenvalue weighted by Crippen LogP contribution is 2.28. The SMILES string of the molecule is CCCn1nccc1-c1ccc2c(c1)CCN2. The molecule has 0 radical (unpaired) electrons. The van der Waals surface area contributed by atoms with Gasteiger partial charge in [-0.05, 0) is 36.6 Å². The number of hydrogen-bond acceptors (Lipinski definition) is 2. The number of rotatable bonds is 3. The number of nitrogens with one attached hydrogen (secondary N) is 1. The lowest BCUT2D eigenvalue weighted by Gasteiger charge is -2.08. The van der Waals surface area contributed by atoms with Crippen LogP contribution in [-0.2, 0) is 13.0 Å². The van der Waals surface area contributed by atoms with Crippen LogP contribution in [-0.4, -0.2) is 16.3 Å². The number of hydrogen-bond donors (Lipinski definition) is 1. The standard InChI is InChI=1S/C14H17N3/c1-2-9-17-14(6-8-16-17)12-3-4-13-11(10-12)5-7-15-13/h3-4,6,8,10,15H,2,5,7,9H2,1H3. The van der Waals surface area contributed by atoms with Crippen LogP contribution >= 0.6 is 0 Å². The summed E-state index contributed by atoms with van der Waals surface area (Å²) in [6.07, 6.45) is 4.13. The Balaban J connectivity index is 2.00. The highest BCUT2D eigenvalue weighted by atomic mass is 15.3. The molecular weight excluding hydrogens is 210 g/mol. The van der Waals surface area contributed by atoms with E-state index < -0.39 is 0 Å². The molecule has 3 rings (SSSR count). The van der Waals surface area contributed by atoms with E-state index >= 15 is 0 Å². The molecule has 1 aliphatic rings. The second-order valence-corrected chi connectivity index (χ2v) is 4.49. The molecule has 3 nitrogen and oxygen atoms in total. The van der Waals surface area contributed by atoms with Gasteiger partial charge in [-0.3, -0.25) is 4.68 Å². The third-order valence-electron chi connectivity index (χ3n) is 3.26. The first-order chi connectivity index (χ1) is 8.38. The van der Waals surface area contributed by atoms with Gasteiger partial charge in [0.15, 0.2) is 0 Å². The number of fused-ring (bicyclic) bond motifs is 1. The Labute approximate surface area is 101 Å². The highest BCUT2D eigenvalue weighted by molar-refractivity contribution is 5.67. The number of benzene rings is 1. The van der Waals surface area contributed by atoms with Gasteiger partial charge >= 0.3 is 0 Å². The van der Waals surface area contributed by atoms with Crippen LogP contribution in [0.3, 0.4) is 0 Å². The van der Waals surface area contributed by atoms with E-state index in [0.29, 0.717) is 0 Å². The predicted octanol–water partition coefficient (Wildman–Crippen LogP) is 2.93. The molecule has 3 heteroatoms. The Morgan fingerprint density at radius 1 is 1.35 bits per heavy atom. The maximum atomic E-state index is 4.38. The Hall–Kier alpha value is -1.77. The largest absolute Gasteiger partial charge is 0.384 e. The van der Waals surface area contributed by atoms with E-state index in [-0.39, 0.29) is 0 Å². The number of anilines is 1. The maximum absolute atomic E-state index is 4.38. The fourth-order valence-electron chi connectivity index (χ4n) is 2.43. The Morgan fingerprint density at radius 2 is 2.29 bits per heavy atom. The third kappa shape index (κ3) is 1.82. The first-order valence-corrected chi connectivity index (χ1v) is 6.27. The lowest BCUT2D eigenvalue weighted by atomic mass is 10.1. The maximum Gasteiger partial charge on any atom is 0.0682 e. The van der Waals surface area contributed by atoms with Crippen LogP contribution in [0.15, 0.2) is 30.5 Å². The highest BCUT2D eigenvalue weighted by Gasteiger charge is 2.12. The summed E-state index contributed by atoms with van der Waals surface area (Å²) in [6, 6.07) is 8.75. The van der Waals surface area contributed by atoms with Crippen molar-refractivity contribution in [2.24, 2.45) is 0 Å². The quantitative estimate of drug-likeness (QED) is 0.873. The summed E-state index contributed by atoms with van der Waals surface area (Å²) in [5.74, 6) is 0. The fourth-order valence-corrected chi connectivity index (χ4v) is 2.43. The molecular formula is C14H17N3. The van der Waals surface area contributed by atoms with Gasteiger partial charge < -0.3 is 5.32 Å². The van der Waals surface area contributed by atoms with Gasteiger partial charge in [-0.2, -0.15) is 5.10 Å². The van der Waals surface area contributed by atoms with Crippen molar-refractivity contribution in [3.8, 4) is 11.3 Å².